The number of nitrogens with zero attached hydrogens (tertiary/aromatic N) is 2. The quantitative estimate of drug-likeness (QED) is 0.749. The molecular weight excluding hydrogens is 369 g/mol. The lowest BCUT2D eigenvalue weighted by Gasteiger charge is -2.24. The van der Waals surface area contributed by atoms with Gasteiger partial charge in [0.1, 0.15) is 5.82 Å². The van der Waals surface area contributed by atoms with Crippen LogP contribution in [0.2, 0.25) is 5.02 Å². The molecule has 3 aromatic rings. The molecule has 1 aliphatic heterocycles. The molecule has 1 aromatic heterocycles. The summed E-state index contributed by atoms with van der Waals surface area (Å²) in [4.78, 5) is 34.0. The van der Waals surface area contributed by atoms with Crippen LogP contribution in [-0.2, 0) is 6.42 Å². The third kappa shape index (κ3) is 3.45. The first-order valence-electron chi connectivity index (χ1n) is 8.77. The highest BCUT2D eigenvalue weighted by atomic mass is 35.5. The number of aromatic amines is 1. The Morgan fingerprint density at radius 2 is 2.11 bits per heavy atom. The number of aromatic nitrogens is 2. The Morgan fingerprint density at radius 3 is 2.93 bits per heavy atom. The van der Waals surface area contributed by atoms with Gasteiger partial charge in [-0.2, -0.15) is 0 Å². The maximum atomic E-state index is 13.4. The van der Waals surface area contributed by atoms with E-state index in [1.807, 2.05) is 6.07 Å². The van der Waals surface area contributed by atoms with Crippen molar-refractivity contribution < 1.29 is 9.18 Å². The van der Waals surface area contributed by atoms with Crippen molar-refractivity contribution in [3.63, 3.8) is 0 Å². The van der Waals surface area contributed by atoms with Crippen molar-refractivity contribution >= 4 is 28.5 Å². The van der Waals surface area contributed by atoms with Crippen molar-refractivity contribution in [2.45, 2.75) is 25.3 Å². The van der Waals surface area contributed by atoms with Crippen molar-refractivity contribution in [3.05, 3.63) is 74.9 Å². The van der Waals surface area contributed by atoms with Gasteiger partial charge in [0.05, 0.1) is 16.1 Å². The summed E-state index contributed by atoms with van der Waals surface area (Å²) in [5.41, 5.74) is 1.00. The van der Waals surface area contributed by atoms with Crippen LogP contribution in [0.4, 0.5) is 4.39 Å². The molecule has 0 spiro atoms. The minimum Gasteiger partial charge on any atom is -0.334 e. The topological polar surface area (TPSA) is 66.1 Å². The molecule has 5 nitrogen and oxygen atoms in total. The van der Waals surface area contributed by atoms with Crippen LogP contribution < -0.4 is 5.56 Å². The molecule has 27 heavy (non-hydrogen) atoms. The number of para-hydroxylation sites is 1. The fourth-order valence-electron chi connectivity index (χ4n) is 3.61. The lowest BCUT2D eigenvalue weighted by molar-refractivity contribution is 0.0729. The first-order chi connectivity index (χ1) is 13.0. The lowest BCUT2D eigenvalue weighted by Crippen LogP contribution is -2.40. The highest BCUT2D eigenvalue weighted by Crippen LogP contribution is 2.24. The molecule has 1 saturated heterocycles. The summed E-state index contributed by atoms with van der Waals surface area (Å²) in [7, 11) is 0. The molecule has 7 heteroatoms. The second-order valence-electron chi connectivity index (χ2n) is 6.68. The van der Waals surface area contributed by atoms with E-state index >= 15 is 0 Å². The minimum absolute atomic E-state index is 0.0874. The van der Waals surface area contributed by atoms with E-state index in [1.54, 1.807) is 29.2 Å². The van der Waals surface area contributed by atoms with Gasteiger partial charge < -0.3 is 9.88 Å². The second kappa shape index (κ2) is 7.12. The van der Waals surface area contributed by atoms with Crippen LogP contribution >= 0.6 is 11.6 Å². The number of halogens is 2. The van der Waals surface area contributed by atoms with Crippen LogP contribution in [0.15, 0.2) is 47.3 Å². The Kier molecular flexibility index (Phi) is 4.66. The van der Waals surface area contributed by atoms with Gasteiger partial charge in [0.2, 0.25) is 0 Å². The van der Waals surface area contributed by atoms with Gasteiger partial charge in [0, 0.05) is 12.6 Å². The molecule has 0 saturated carbocycles. The smallest absolute Gasteiger partial charge is 0.280 e. The average Bonchev–Trinajstić information content (AvgIpc) is 3.09. The number of amides is 1. The Labute approximate surface area is 159 Å². The van der Waals surface area contributed by atoms with E-state index < -0.39 is 11.5 Å². The van der Waals surface area contributed by atoms with Crippen LogP contribution in [0.3, 0.4) is 0 Å². The molecule has 0 aliphatic carbocycles. The normalized spacial score (nSPS) is 16.8. The zero-order chi connectivity index (χ0) is 19.0. The standard InChI is InChI=1S/C20H17ClFN3O2/c21-15-7-2-8-16-17(15)24-19(26)18(23-16)20(27)25-9-3-6-14(25)11-12-4-1-5-13(22)10-12/h1-2,4-5,7-8,10,14H,3,6,9,11H2,(H,24,26). The number of nitrogens with one attached hydrogen (secondary N) is 1. The van der Waals surface area contributed by atoms with Gasteiger partial charge in [-0.3, -0.25) is 9.59 Å². The van der Waals surface area contributed by atoms with E-state index in [1.165, 1.54) is 12.1 Å². The predicted octanol–water partition coefficient (Wildman–Crippen LogP) is 3.56. The molecule has 2 aromatic carbocycles. The Hall–Kier alpha value is -2.73. The maximum absolute atomic E-state index is 13.4. The summed E-state index contributed by atoms with van der Waals surface area (Å²) >= 11 is 6.08. The first kappa shape index (κ1) is 17.7. The molecule has 1 fully saturated rings. The average molecular weight is 386 g/mol. The molecule has 1 aliphatic rings. The molecule has 138 valence electrons. The Balaban J connectivity index is 1.64. The SMILES string of the molecule is O=C(c1nc2cccc(Cl)c2[nH]c1=O)N1CCCC1Cc1cccc(F)c1. The van der Waals surface area contributed by atoms with Gasteiger partial charge in [-0.05, 0) is 49.1 Å². The molecule has 1 N–H and O–H groups in total. The highest BCUT2D eigenvalue weighted by molar-refractivity contribution is 6.34. The summed E-state index contributed by atoms with van der Waals surface area (Å²) in [5, 5.41) is 0.376. The molecule has 2 heterocycles. The van der Waals surface area contributed by atoms with Gasteiger partial charge in [-0.25, -0.2) is 9.37 Å². The van der Waals surface area contributed by atoms with Gasteiger partial charge >= 0.3 is 0 Å². The molecular formula is C20H17ClFN3O2. The molecule has 1 atom stereocenters. The number of H-pyrrole nitrogens is 1. The Bertz CT molecular complexity index is 1080. The fourth-order valence-corrected chi connectivity index (χ4v) is 3.82. The number of likely N-dealkylation sites (tertiary alicyclic amines) is 1. The number of carbonyl (C=O) groups is 1. The van der Waals surface area contributed by atoms with Crippen molar-refractivity contribution in [3.8, 4) is 0 Å². The van der Waals surface area contributed by atoms with Crippen molar-refractivity contribution in [2.75, 3.05) is 6.54 Å². The first-order valence-corrected chi connectivity index (χ1v) is 9.14. The summed E-state index contributed by atoms with van der Waals surface area (Å²) in [6, 6.07) is 11.3. The highest BCUT2D eigenvalue weighted by Gasteiger charge is 2.31. The van der Waals surface area contributed by atoms with Gasteiger partial charge in [0.25, 0.3) is 11.5 Å². The fraction of sp³-hybridized carbons (Fsp3) is 0.250. The molecule has 0 radical (unpaired) electrons. The third-order valence-electron chi connectivity index (χ3n) is 4.88. The molecule has 4 rings (SSSR count). The van der Waals surface area contributed by atoms with Gasteiger partial charge in [-0.1, -0.05) is 29.8 Å². The predicted molar refractivity (Wildman–Crippen MR) is 102 cm³/mol. The summed E-state index contributed by atoms with van der Waals surface area (Å²) in [6.07, 6.45) is 2.18. The summed E-state index contributed by atoms with van der Waals surface area (Å²) < 4.78 is 13.4. The van der Waals surface area contributed by atoms with Crippen LogP contribution in [0.25, 0.3) is 11.0 Å². The lowest BCUT2D eigenvalue weighted by atomic mass is 10.0. The summed E-state index contributed by atoms with van der Waals surface area (Å²) in [6.45, 7) is 0.549. The number of hydrogen-bond acceptors (Lipinski definition) is 3. The van der Waals surface area contributed by atoms with Crippen molar-refractivity contribution in [1.82, 2.24) is 14.9 Å². The summed E-state index contributed by atoms with van der Waals surface area (Å²) in [5.74, 6) is -0.704. The molecule has 0 bridgehead atoms. The number of fused-ring (bicyclic) bond motifs is 1. The number of benzene rings is 2. The van der Waals surface area contributed by atoms with E-state index in [9.17, 15) is 14.0 Å². The zero-order valence-corrected chi connectivity index (χ0v) is 15.2. The van der Waals surface area contributed by atoms with Crippen molar-refractivity contribution in [1.29, 1.82) is 0 Å². The van der Waals surface area contributed by atoms with E-state index in [2.05, 4.69) is 9.97 Å². The van der Waals surface area contributed by atoms with E-state index in [-0.39, 0.29) is 17.6 Å². The van der Waals surface area contributed by atoms with E-state index in [0.29, 0.717) is 29.0 Å². The monoisotopic (exact) mass is 385 g/mol. The van der Waals surface area contributed by atoms with E-state index in [4.69, 9.17) is 11.6 Å². The van der Waals surface area contributed by atoms with Crippen molar-refractivity contribution in [2.24, 2.45) is 0 Å². The largest absolute Gasteiger partial charge is 0.334 e. The number of carbonyl (C=O) groups excluding carboxylic acids is 1. The van der Waals surface area contributed by atoms with Crippen LogP contribution in [0, 0.1) is 5.82 Å². The molecule has 1 amide bonds. The van der Waals surface area contributed by atoms with Crippen LogP contribution in [0.5, 0.6) is 0 Å². The second-order valence-corrected chi connectivity index (χ2v) is 7.08. The number of hydrogen-bond donors (Lipinski definition) is 1. The maximum Gasteiger partial charge on any atom is 0.280 e. The Morgan fingerprint density at radius 1 is 1.30 bits per heavy atom. The van der Waals surface area contributed by atoms with Gasteiger partial charge in [0.15, 0.2) is 5.69 Å². The number of rotatable bonds is 3. The minimum atomic E-state index is -0.558. The van der Waals surface area contributed by atoms with Crippen LogP contribution in [-0.4, -0.2) is 33.4 Å². The molecule has 1 unspecified atom stereocenters. The van der Waals surface area contributed by atoms with E-state index in [0.717, 1.165) is 18.4 Å². The van der Waals surface area contributed by atoms with Gasteiger partial charge in [-0.15, -0.1) is 0 Å². The van der Waals surface area contributed by atoms with Crippen LogP contribution in [0.1, 0.15) is 28.9 Å². The zero-order valence-electron chi connectivity index (χ0n) is 14.4. The third-order valence-corrected chi connectivity index (χ3v) is 5.19.